The van der Waals surface area contributed by atoms with E-state index < -0.39 is 5.91 Å². The summed E-state index contributed by atoms with van der Waals surface area (Å²) in [6, 6.07) is 12.9. The standard InChI is InChI=1S/C22H20BrN3O4S/c1-29-10-3-9-26-21(28)19(12-15-5-7-16(23)8-6-15)31-22(26)18(13-24)20(27)25-14-17-4-2-11-30-17/h2,4-8,11-12H,3,9-10,14H2,1H3,(H,25,27)/b19-12-,22-18+. The molecular formula is C22H20BrN3O4S. The normalized spacial score (nSPS) is 12.5. The van der Waals surface area contributed by atoms with Crippen LogP contribution in [-0.2, 0) is 22.6 Å². The van der Waals surface area contributed by atoms with E-state index in [0.717, 1.165) is 21.4 Å². The number of rotatable bonds is 8. The number of amides is 1. The number of nitrogens with one attached hydrogen (secondary N) is 1. The molecule has 3 aromatic rings. The summed E-state index contributed by atoms with van der Waals surface area (Å²) in [7, 11) is 1.58. The molecule has 0 atom stereocenters. The van der Waals surface area contributed by atoms with Crippen molar-refractivity contribution in [1.82, 2.24) is 9.88 Å². The van der Waals surface area contributed by atoms with Gasteiger partial charge in [-0.1, -0.05) is 28.1 Å². The SMILES string of the molecule is COCCCn1c(=O)/c(=C/c2ccc(Br)cc2)s/c1=C(\C#N)C(=O)NCc1ccco1. The lowest BCUT2D eigenvalue weighted by atomic mass is 10.2. The number of benzene rings is 1. The van der Waals surface area contributed by atoms with E-state index in [1.54, 1.807) is 25.3 Å². The minimum absolute atomic E-state index is 0.110. The molecule has 31 heavy (non-hydrogen) atoms. The number of furan rings is 1. The molecule has 0 fully saturated rings. The van der Waals surface area contributed by atoms with Crippen LogP contribution >= 0.6 is 27.3 Å². The molecular weight excluding hydrogens is 482 g/mol. The molecule has 0 unspecified atom stereocenters. The van der Waals surface area contributed by atoms with Gasteiger partial charge >= 0.3 is 0 Å². The largest absolute Gasteiger partial charge is 0.467 e. The zero-order valence-electron chi connectivity index (χ0n) is 16.8. The molecule has 2 heterocycles. The number of ether oxygens (including phenoxy) is 1. The molecule has 3 rings (SSSR count). The molecule has 2 aromatic heterocycles. The van der Waals surface area contributed by atoms with Gasteiger partial charge in [-0.25, -0.2) is 0 Å². The lowest BCUT2D eigenvalue weighted by molar-refractivity contribution is -0.115. The average Bonchev–Trinajstić information content (AvgIpc) is 3.39. The maximum absolute atomic E-state index is 13.1. The van der Waals surface area contributed by atoms with Crippen LogP contribution in [0.3, 0.4) is 0 Å². The Morgan fingerprint density at radius 3 is 2.77 bits per heavy atom. The Hall–Kier alpha value is -2.93. The zero-order chi connectivity index (χ0) is 22.2. The number of hydrogen-bond acceptors (Lipinski definition) is 6. The molecule has 7 nitrogen and oxygen atoms in total. The van der Waals surface area contributed by atoms with E-state index in [0.29, 0.717) is 34.5 Å². The van der Waals surface area contributed by atoms with Gasteiger partial charge in [0.05, 0.1) is 17.3 Å². The molecule has 0 bridgehead atoms. The summed E-state index contributed by atoms with van der Waals surface area (Å²) in [4.78, 5) is 25.8. The van der Waals surface area contributed by atoms with Crippen molar-refractivity contribution in [1.29, 1.82) is 5.26 Å². The fourth-order valence-corrected chi connectivity index (χ4v) is 4.24. The smallest absolute Gasteiger partial charge is 0.269 e. The fourth-order valence-electron chi connectivity index (χ4n) is 2.85. The highest BCUT2D eigenvalue weighted by atomic mass is 79.9. The van der Waals surface area contributed by atoms with Gasteiger partial charge in [0, 0.05) is 24.7 Å². The van der Waals surface area contributed by atoms with Crippen molar-refractivity contribution in [3.63, 3.8) is 0 Å². The van der Waals surface area contributed by atoms with Gasteiger partial charge in [0.1, 0.15) is 16.5 Å². The van der Waals surface area contributed by atoms with Crippen LogP contribution < -0.4 is 20.1 Å². The van der Waals surface area contributed by atoms with Crippen LogP contribution in [0.25, 0.3) is 11.6 Å². The maximum atomic E-state index is 13.1. The first-order valence-electron chi connectivity index (χ1n) is 9.44. The van der Waals surface area contributed by atoms with Gasteiger partial charge in [0.15, 0.2) is 5.57 Å². The number of aromatic nitrogens is 1. The Bertz CT molecular complexity index is 1250. The van der Waals surface area contributed by atoms with Crippen LogP contribution in [0.2, 0.25) is 0 Å². The molecule has 1 N–H and O–H groups in total. The first kappa shape index (κ1) is 22.7. The number of carbonyl (C=O) groups is 1. The molecule has 1 amide bonds. The first-order valence-corrected chi connectivity index (χ1v) is 11.0. The molecule has 0 saturated carbocycles. The van der Waals surface area contributed by atoms with Crippen molar-refractivity contribution in [2.45, 2.75) is 19.5 Å². The molecule has 0 saturated heterocycles. The summed E-state index contributed by atoms with van der Waals surface area (Å²) in [5.41, 5.74) is 0.491. The van der Waals surface area contributed by atoms with Crippen molar-refractivity contribution in [3.05, 3.63) is 78.0 Å². The Morgan fingerprint density at radius 2 is 2.13 bits per heavy atom. The summed E-state index contributed by atoms with van der Waals surface area (Å²) >= 11 is 4.52. The van der Waals surface area contributed by atoms with Gasteiger partial charge in [-0.2, -0.15) is 5.26 Å². The average molecular weight is 502 g/mol. The third-order valence-electron chi connectivity index (χ3n) is 4.36. The summed E-state index contributed by atoms with van der Waals surface area (Å²) in [6.45, 7) is 0.942. The number of halogens is 1. The Labute approximate surface area is 191 Å². The van der Waals surface area contributed by atoms with Crippen LogP contribution in [0.1, 0.15) is 17.7 Å². The molecule has 0 aliphatic rings. The monoisotopic (exact) mass is 501 g/mol. The maximum Gasteiger partial charge on any atom is 0.269 e. The Balaban J connectivity index is 2.06. The minimum Gasteiger partial charge on any atom is -0.467 e. The topological polar surface area (TPSA) is 97.3 Å². The van der Waals surface area contributed by atoms with E-state index in [-0.39, 0.29) is 17.7 Å². The zero-order valence-corrected chi connectivity index (χ0v) is 19.2. The lowest BCUT2D eigenvalue weighted by Gasteiger charge is -2.04. The predicted molar refractivity (Wildman–Crippen MR) is 122 cm³/mol. The van der Waals surface area contributed by atoms with E-state index in [2.05, 4.69) is 21.2 Å². The molecule has 9 heteroatoms. The van der Waals surface area contributed by atoms with Crippen LogP contribution in [0, 0.1) is 11.3 Å². The molecule has 160 valence electrons. The van der Waals surface area contributed by atoms with E-state index in [1.165, 1.54) is 10.8 Å². The summed E-state index contributed by atoms with van der Waals surface area (Å²) in [5.74, 6) is 0.00870. The highest BCUT2D eigenvalue weighted by Crippen LogP contribution is 2.10. The Kier molecular flexibility index (Phi) is 8.00. The van der Waals surface area contributed by atoms with Gasteiger partial charge in [-0.3, -0.25) is 14.2 Å². The number of nitriles is 1. The molecule has 0 aliphatic carbocycles. The second-order valence-corrected chi connectivity index (χ2v) is 8.47. The fraction of sp³-hybridized carbons (Fsp3) is 0.227. The second-order valence-electron chi connectivity index (χ2n) is 6.52. The quantitative estimate of drug-likeness (QED) is 0.476. The number of nitrogens with zero attached hydrogens (tertiary/aromatic N) is 2. The van der Waals surface area contributed by atoms with E-state index in [9.17, 15) is 14.9 Å². The number of hydrogen-bond donors (Lipinski definition) is 1. The molecule has 0 aliphatic heterocycles. The van der Waals surface area contributed by atoms with Gasteiger partial charge < -0.3 is 14.5 Å². The van der Waals surface area contributed by atoms with Gasteiger partial charge in [0.25, 0.3) is 11.5 Å². The van der Waals surface area contributed by atoms with E-state index >= 15 is 0 Å². The van der Waals surface area contributed by atoms with Crippen molar-refractivity contribution in [3.8, 4) is 6.07 Å². The summed E-state index contributed by atoms with van der Waals surface area (Å²) in [6.07, 6.45) is 3.84. The first-order chi connectivity index (χ1) is 15.0. The third-order valence-corrected chi connectivity index (χ3v) is 6.02. The number of thiazole rings is 1. The van der Waals surface area contributed by atoms with Crippen molar-refractivity contribution in [2.75, 3.05) is 13.7 Å². The predicted octanol–water partition coefficient (Wildman–Crippen LogP) is 2.12. The Morgan fingerprint density at radius 1 is 1.35 bits per heavy atom. The van der Waals surface area contributed by atoms with Crippen LogP contribution in [0.15, 0.2) is 56.3 Å². The van der Waals surface area contributed by atoms with Crippen molar-refractivity contribution in [2.24, 2.45) is 0 Å². The van der Waals surface area contributed by atoms with Gasteiger partial charge in [-0.15, -0.1) is 11.3 Å². The highest BCUT2D eigenvalue weighted by Gasteiger charge is 2.16. The minimum atomic E-state index is -0.559. The van der Waals surface area contributed by atoms with Gasteiger partial charge in [0.2, 0.25) is 0 Å². The van der Waals surface area contributed by atoms with Crippen LogP contribution in [0.4, 0.5) is 0 Å². The third kappa shape index (κ3) is 5.82. The van der Waals surface area contributed by atoms with Crippen molar-refractivity contribution < 1.29 is 13.9 Å². The van der Waals surface area contributed by atoms with E-state index in [4.69, 9.17) is 9.15 Å². The van der Waals surface area contributed by atoms with Crippen molar-refractivity contribution >= 4 is 44.8 Å². The summed E-state index contributed by atoms with van der Waals surface area (Å²) in [5, 5.41) is 12.4. The highest BCUT2D eigenvalue weighted by molar-refractivity contribution is 9.10. The van der Waals surface area contributed by atoms with Crippen LogP contribution in [0.5, 0.6) is 0 Å². The lowest BCUT2D eigenvalue weighted by Crippen LogP contribution is -2.35. The van der Waals surface area contributed by atoms with Crippen LogP contribution in [-0.4, -0.2) is 24.2 Å². The molecule has 0 radical (unpaired) electrons. The molecule has 0 spiro atoms. The number of methoxy groups -OCH3 is 1. The second kappa shape index (κ2) is 10.9. The number of carbonyl (C=O) groups excluding carboxylic acids is 1. The van der Waals surface area contributed by atoms with Gasteiger partial charge in [-0.05, 0) is 42.3 Å². The molecule has 1 aromatic carbocycles. The summed E-state index contributed by atoms with van der Waals surface area (Å²) < 4.78 is 13.5. The van der Waals surface area contributed by atoms with E-state index in [1.807, 2.05) is 30.3 Å².